The number of benzene rings is 1. The third-order valence-electron chi connectivity index (χ3n) is 5.23. The summed E-state index contributed by atoms with van der Waals surface area (Å²) < 4.78 is 0. The normalized spacial score (nSPS) is 11.1. The minimum atomic E-state index is 0.351. The highest BCUT2D eigenvalue weighted by atomic mass is 16.3. The largest absolute Gasteiger partial charge is 0.508 e. The van der Waals surface area contributed by atoms with Crippen molar-refractivity contribution in [1.29, 1.82) is 0 Å². The topological polar surface area (TPSA) is 32.3 Å². The Hall–Kier alpha value is -1.02. The average Bonchev–Trinajstić information content (AvgIpc) is 2.66. The molecule has 2 nitrogen and oxygen atoms in total. The first-order valence-electron chi connectivity index (χ1n) is 11.3. The van der Waals surface area contributed by atoms with E-state index in [1.807, 2.05) is 12.1 Å². The van der Waals surface area contributed by atoms with Crippen molar-refractivity contribution in [3.05, 3.63) is 29.8 Å². The zero-order valence-corrected chi connectivity index (χ0v) is 17.3. The molecule has 1 aromatic carbocycles. The summed E-state index contributed by atoms with van der Waals surface area (Å²) in [7, 11) is 0. The molecule has 0 spiro atoms. The van der Waals surface area contributed by atoms with Gasteiger partial charge in [-0.05, 0) is 43.6 Å². The van der Waals surface area contributed by atoms with E-state index in [-0.39, 0.29) is 0 Å². The van der Waals surface area contributed by atoms with Gasteiger partial charge in [0.05, 0.1) is 0 Å². The molecule has 0 saturated heterocycles. The zero-order chi connectivity index (χ0) is 18.7. The number of phenols is 1. The van der Waals surface area contributed by atoms with Crippen LogP contribution in [0.1, 0.15) is 102 Å². The first kappa shape index (κ1) is 23.0. The van der Waals surface area contributed by atoms with Crippen LogP contribution in [0.5, 0.6) is 5.75 Å². The van der Waals surface area contributed by atoms with Gasteiger partial charge in [0.15, 0.2) is 0 Å². The van der Waals surface area contributed by atoms with E-state index >= 15 is 0 Å². The van der Waals surface area contributed by atoms with Crippen LogP contribution in [0.15, 0.2) is 24.3 Å². The molecule has 2 N–H and O–H groups in total. The van der Waals surface area contributed by atoms with Gasteiger partial charge in [0, 0.05) is 0 Å². The fraction of sp³-hybridized carbons (Fsp3) is 0.750. The maximum atomic E-state index is 9.26. The first-order valence-corrected chi connectivity index (χ1v) is 11.3. The summed E-state index contributed by atoms with van der Waals surface area (Å²) in [6.45, 7) is 4.45. The molecule has 2 heteroatoms. The molecular weight excluding hydrogens is 318 g/mol. The van der Waals surface area contributed by atoms with Crippen LogP contribution in [-0.2, 0) is 6.42 Å². The van der Waals surface area contributed by atoms with E-state index in [0.29, 0.717) is 5.75 Å². The second kappa shape index (κ2) is 17.4. The molecule has 0 aliphatic rings. The highest BCUT2D eigenvalue weighted by Crippen LogP contribution is 2.13. The molecular formula is C24H43NO. The van der Waals surface area contributed by atoms with Crippen LogP contribution in [0.3, 0.4) is 0 Å². The van der Waals surface area contributed by atoms with Gasteiger partial charge in [-0.1, -0.05) is 103 Å². The lowest BCUT2D eigenvalue weighted by Crippen LogP contribution is -2.18. The highest BCUT2D eigenvalue weighted by Gasteiger charge is 1.96. The van der Waals surface area contributed by atoms with Gasteiger partial charge in [-0.2, -0.15) is 0 Å². The second-order valence-corrected chi connectivity index (χ2v) is 7.76. The standard InChI is InChI=1S/C24H43NO/c1-2-3-4-5-6-7-8-9-10-11-12-13-14-15-21-25-22-20-23-16-18-24(26)19-17-23/h16-19,25-26H,2-15,20-22H2,1H3. The number of phenolic OH excluding ortho intramolecular Hbond substituents is 1. The zero-order valence-electron chi connectivity index (χ0n) is 17.3. The molecule has 0 aromatic heterocycles. The smallest absolute Gasteiger partial charge is 0.115 e. The van der Waals surface area contributed by atoms with Gasteiger partial charge in [0.1, 0.15) is 5.75 Å². The van der Waals surface area contributed by atoms with Crippen molar-refractivity contribution in [2.45, 2.75) is 103 Å². The van der Waals surface area contributed by atoms with Crippen LogP contribution in [-0.4, -0.2) is 18.2 Å². The van der Waals surface area contributed by atoms with Crippen LogP contribution in [0, 0.1) is 0 Å². The third kappa shape index (κ3) is 14.2. The fourth-order valence-electron chi connectivity index (χ4n) is 3.46. The lowest BCUT2D eigenvalue weighted by molar-refractivity contribution is 0.475. The lowest BCUT2D eigenvalue weighted by atomic mass is 10.0. The van der Waals surface area contributed by atoms with Gasteiger partial charge in [0.2, 0.25) is 0 Å². The van der Waals surface area contributed by atoms with Crippen LogP contribution in [0.2, 0.25) is 0 Å². The molecule has 0 bridgehead atoms. The van der Waals surface area contributed by atoms with Crippen molar-refractivity contribution < 1.29 is 5.11 Å². The predicted molar refractivity (Wildman–Crippen MR) is 115 cm³/mol. The molecule has 0 fully saturated rings. The molecule has 26 heavy (non-hydrogen) atoms. The maximum Gasteiger partial charge on any atom is 0.115 e. The summed E-state index contributed by atoms with van der Waals surface area (Å²) in [5, 5.41) is 12.8. The molecule has 150 valence electrons. The molecule has 0 radical (unpaired) electrons. The number of hydrogen-bond donors (Lipinski definition) is 2. The van der Waals surface area contributed by atoms with Crippen molar-refractivity contribution in [2.24, 2.45) is 0 Å². The Morgan fingerprint density at radius 2 is 1.08 bits per heavy atom. The van der Waals surface area contributed by atoms with E-state index in [1.165, 1.54) is 95.5 Å². The summed E-state index contributed by atoms with van der Waals surface area (Å²) in [4.78, 5) is 0. The summed E-state index contributed by atoms with van der Waals surface area (Å²) in [6, 6.07) is 7.54. The van der Waals surface area contributed by atoms with Gasteiger partial charge in [0.25, 0.3) is 0 Å². The Morgan fingerprint density at radius 3 is 1.58 bits per heavy atom. The SMILES string of the molecule is CCCCCCCCCCCCCCCCNCCc1ccc(O)cc1. The Labute approximate surface area is 162 Å². The molecule has 1 aromatic rings. The summed E-state index contributed by atoms with van der Waals surface area (Å²) in [6.07, 6.45) is 20.9. The number of unbranched alkanes of at least 4 members (excludes halogenated alkanes) is 13. The predicted octanol–water partition coefficient (Wildman–Crippen LogP) is 7.01. The van der Waals surface area contributed by atoms with Crippen molar-refractivity contribution >= 4 is 0 Å². The number of nitrogens with one attached hydrogen (secondary N) is 1. The summed E-state index contributed by atoms with van der Waals surface area (Å²) in [5.41, 5.74) is 1.29. The average molecular weight is 362 g/mol. The number of aromatic hydroxyl groups is 1. The van der Waals surface area contributed by atoms with Crippen LogP contribution >= 0.6 is 0 Å². The monoisotopic (exact) mass is 361 g/mol. The van der Waals surface area contributed by atoms with Crippen LogP contribution in [0.25, 0.3) is 0 Å². The maximum absolute atomic E-state index is 9.26. The van der Waals surface area contributed by atoms with E-state index in [1.54, 1.807) is 12.1 Å². The van der Waals surface area contributed by atoms with E-state index < -0.39 is 0 Å². The molecule has 0 atom stereocenters. The minimum Gasteiger partial charge on any atom is -0.508 e. The van der Waals surface area contributed by atoms with Crippen molar-refractivity contribution in [1.82, 2.24) is 5.32 Å². The van der Waals surface area contributed by atoms with Crippen molar-refractivity contribution in [3.8, 4) is 5.75 Å². The second-order valence-electron chi connectivity index (χ2n) is 7.76. The van der Waals surface area contributed by atoms with Crippen molar-refractivity contribution in [2.75, 3.05) is 13.1 Å². The van der Waals surface area contributed by atoms with E-state index in [4.69, 9.17) is 0 Å². The quantitative estimate of drug-likeness (QED) is 0.276. The Balaban J connectivity index is 1.72. The molecule has 0 aliphatic carbocycles. The van der Waals surface area contributed by atoms with Crippen LogP contribution in [0.4, 0.5) is 0 Å². The number of hydrogen-bond acceptors (Lipinski definition) is 2. The highest BCUT2D eigenvalue weighted by molar-refractivity contribution is 5.25. The van der Waals surface area contributed by atoms with E-state index in [0.717, 1.165) is 19.5 Å². The molecule has 0 unspecified atom stereocenters. The minimum absolute atomic E-state index is 0.351. The Morgan fingerprint density at radius 1 is 0.615 bits per heavy atom. The van der Waals surface area contributed by atoms with Gasteiger partial charge in [-0.3, -0.25) is 0 Å². The molecule has 0 heterocycles. The third-order valence-corrected chi connectivity index (χ3v) is 5.23. The first-order chi connectivity index (χ1) is 12.8. The Bertz CT molecular complexity index is 401. The van der Waals surface area contributed by atoms with E-state index in [2.05, 4.69) is 12.2 Å². The van der Waals surface area contributed by atoms with Crippen molar-refractivity contribution in [3.63, 3.8) is 0 Å². The van der Waals surface area contributed by atoms with Gasteiger partial charge < -0.3 is 10.4 Å². The molecule has 0 aliphatic heterocycles. The van der Waals surface area contributed by atoms with Crippen LogP contribution < -0.4 is 5.32 Å². The lowest BCUT2D eigenvalue weighted by Gasteiger charge is -2.06. The fourth-order valence-corrected chi connectivity index (χ4v) is 3.46. The van der Waals surface area contributed by atoms with Gasteiger partial charge >= 0.3 is 0 Å². The molecule has 1 rings (SSSR count). The van der Waals surface area contributed by atoms with E-state index in [9.17, 15) is 5.11 Å². The number of rotatable bonds is 18. The van der Waals surface area contributed by atoms with Gasteiger partial charge in [-0.25, -0.2) is 0 Å². The van der Waals surface area contributed by atoms with Gasteiger partial charge in [-0.15, -0.1) is 0 Å². The Kier molecular flexibility index (Phi) is 15.4. The molecule has 0 saturated carbocycles. The summed E-state index contributed by atoms with van der Waals surface area (Å²) in [5.74, 6) is 0.351. The summed E-state index contributed by atoms with van der Waals surface area (Å²) >= 11 is 0. The molecule has 0 amide bonds.